The Morgan fingerprint density at radius 1 is 1.21 bits per heavy atom. The Morgan fingerprint density at radius 2 is 1.95 bits per heavy atom. The fourth-order valence-corrected chi connectivity index (χ4v) is 1.65. The minimum absolute atomic E-state index is 0.279. The van der Waals surface area contributed by atoms with Gasteiger partial charge in [0.25, 0.3) is 0 Å². The first-order valence-corrected chi connectivity index (χ1v) is 5.96. The van der Waals surface area contributed by atoms with Crippen molar-refractivity contribution in [1.29, 1.82) is 0 Å². The number of hydrogen-bond donors (Lipinski definition) is 0. The quantitative estimate of drug-likeness (QED) is 0.748. The number of benzene rings is 1. The lowest BCUT2D eigenvalue weighted by atomic mass is 10.3. The zero-order valence-electron chi connectivity index (χ0n) is 11.0. The average molecular weight is 265 g/mol. The fourth-order valence-electron chi connectivity index (χ4n) is 1.65. The fraction of sp³-hybridized carbons (Fsp3) is 0.385. The van der Waals surface area contributed by atoms with Crippen LogP contribution in [0.15, 0.2) is 24.3 Å². The van der Waals surface area contributed by atoms with E-state index in [1.54, 1.807) is 30.8 Å². The predicted molar refractivity (Wildman–Crippen MR) is 67.6 cm³/mol. The van der Waals surface area contributed by atoms with E-state index >= 15 is 0 Å². The lowest BCUT2D eigenvalue weighted by Crippen LogP contribution is -2.08. The number of hydrogen-bond acceptors (Lipinski definition) is 4. The molecule has 102 valence electrons. The van der Waals surface area contributed by atoms with Gasteiger partial charge in [0.05, 0.1) is 18.9 Å². The summed E-state index contributed by atoms with van der Waals surface area (Å²) >= 11 is 0. The summed E-state index contributed by atoms with van der Waals surface area (Å²) in [6, 6.07) is 6.09. The van der Waals surface area contributed by atoms with Crippen molar-refractivity contribution in [2.75, 3.05) is 20.3 Å². The first-order valence-electron chi connectivity index (χ1n) is 5.96. The maximum Gasteiger partial charge on any atom is 0.158 e. The molecule has 0 saturated heterocycles. The molecule has 1 aromatic heterocycles. The Labute approximate surface area is 111 Å². The SMILES string of the molecule is COCCOCc1nc(C)nn1-c1ccc(F)cc1. The highest BCUT2D eigenvalue weighted by Crippen LogP contribution is 2.11. The van der Waals surface area contributed by atoms with Gasteiger partial charge in [0.15, 0.2) is 5.82 Å². The number of halogens is 1. The first kappa shape index (κ1) is 13.6. The van der Waals surface area contributed by atoms with Crippen molar-refractivity contribution >= 4 is 0 Å². The van der Waals surface area contributed by atoms with Gasteiger partial charge in [-0.3, -0.25) is 0 Å². The highest BCUT2D eigenvalue weighted by molar-refractivity contribution is 5.31. The van der Waals surface area contributed by atoms with E-state index in [0.29, 0.717) is 31.5 Å². The molecule has 19 heavy (non-hydrogen) atoms. The zero-order valence-corrected chi connectivity index (χ0v) is 11.0. The van der Waals surface area contributed by atoms with Gasteiger partial charge < -0.3 is 9.47 Å². The highest BCUT2D eigenvalue weighted by atomic mass is 19.1. The number of aromatic nitrogens is 3. The summed E-state index contributed by atoms with van der Waals surface area (Å²) in [5.41, 5.74) is 0.757. The molecule has 0 spiro atoms. The Bertz CT molecular complexity index is 525. The number of methoxy groups -OCH3 is 1. The van der Waals surface area contributed by atoms with Gasteiger partial charge in [-0.2, -0.15) is 5.10 Å². The van der Waals surface area contributed by atoms with E-state index in [4.69, 9.17) is 9.47 Å². The minimum Gasteiger partial charge on any atom is -0.382 e. The number of rotatable bonds is 6. The van der Waals surface area contributed by atoms with Crippen molar-refractivity contribution in [3.8, 4) is 5.69 Å². The van der Waals surface area contributed by atoms with Gasteiger partial charge in [-0.05, 0) is 31.2 Å². The smallest absolute Gasteiger partial charge is 0.158 e. The Kier molecular flexibility index (Phi) is 4.59. The van der Waals surface area contributed by atoms with Crippen LogP contribution in [0, 0.1) is 12.7 Å². The highest BCUT2D eigenvalue weighted by Gasteiger charge is 2.09. The lowest BCUT2D eigenvalue weighted by molar-refractivity contribution is 0.0578. The number of nitrogens with zero attached hydrogens (tertiary/aromatic N) is 3. The van der Waals surface area contributed by atoms with Gasteiger partial charge in [-0.15, -0.1) is 0 Å². The molecule has 6 heteroatoms. The Morgan fingerprint density at radius 3 is 2.63 bits per heavy atom. The molecule has 5 nitrogen and oxygen atoms in total. The number of ether oxygens (including phenoxy) is 2. The van der Waals surface area contributed by atoms with Crippen LogP contribution in [-0.2, 0) is 16.1 Å². The molecule has 0 N–H and O–H groups in total. The molecule has 0 bridgehead atoms. The van der Waals surface area contributed by atoms with Gasteiger partial charge >= 0.3 is 0 Å². The van der Waals surface area contributed by atoms with E-state index in [1.807, 2.05) is 0 Å². The average Bonchev–Trinajstić information content (AvgIpc) is 2.77. The third-order valence-electron chi connectivity index (χ3n) is 2.51. The van der Waals surface area contributed by atoms with Gasteiger partial charge in [0, 0.05) is 7.11 Å². The summed E-state index contributed by atoms with van der Waals surface area (Å²) in [6.45, 7) is 3.16. The van der Waals surface area contributed by atoms with Crippen LogP contribution in [0.1, 0.15) is 11.6 Å². The third kappa shape index (κ3) is 3.59. The molecule has 1 heterocycles. The molecule has 0 atom stereocenters. The molecule has 0 saturated carbocycles. The second-order valence-corrected chi connectivity index (χ2v) is 4.01. The summed E-state index contributed by atoms with van der Waals surface area (Å²) < 4.78 is 24.9. The topological polar surface area (TPSA) is 49.2 Å². The molecule has 1 aromatic carbocycles. The van der Waals surface area contributed by atoms with Crippen LogP contribution in [0.5, 0.6) is 0 Å². The lowest BCUT2D eigenvalue weighted by Gasteiger charge is -2.06. The molecule has 0 fully saturated rings. The summed E-state index contributed by atoms with van der Waals surface area (Å²) in [4.78, 5) is 4.30. The summed E-state index contributed by atoms with van der Waals surface area (Å²) in [5.74, 6) is 1.05. The van der Waals surface area contributed by atoms with Gasteiger partial charge in [0.2, 0.25) is 0 Å². The van der Waals surface area contributed by atoms with E-state index in [2.05, 4.69) is 10.1 Å². The van der Waals surface area contributed by atoms with Crippen LogP contribution in [0.4, 0.5) is 4.39 Å². The molecule has 0 radical (unpaired) electrons. The van der Waals surface area contributed by atoms with Crippen molar-refractivity contribution in [3.63, 3.8) is 0 Å². The minimum atomic E-state index is -0.279. The standard InChI is InChI=1S/C13H16FN3O2/c1-10-15-13(9-19-8-7-18-2)17(16-10)12-5-3-11(14)4-6-12/h3-6H,7-9H2,1-2H3. The van der Waals surface area contributed by atoms with Crippen molar-refractivity contribution in [1.82, 2.24) is 14.8 Å². The van der Waals surface area contributed by atoms with Crippen molar-refractivity contribution in [3.05, 3.63) is 41.7 Å². The molecule has 2 aromatic rings. The van der Waals surface area contributed by atoms with Crippen LogP contribution in [-0.4, -0.2) is 35.1 Å². The summed E-state index contributed by atoms with van der Waals surface area (Å²) in [6.07, 6.45) is 0. The van der Waals surface area contributed by atoms with Crippen LogP contribution >= 0.6 is 0 Å². The maximum absolute atomic E-state index is 12.9. The van der Waals surface area contributed by atoms with E-state index in [0.717, 1.165) is 5.69 Å². The van der Waals surface area contributed by atoms with Gasteiger partial charge in [-0.1, -0.05) is 0 Å². The number of aryl methyl sites for hydroxylation is 1. The van der Waals surface area contributed by atoms with E-state index in [-0.39, 0.29) is 5.82 Å². The van der Waals surface area contributed by atoms with E-state index in [9.17, 15) is 4.39 Å². The van der Waals surface area contributed by atoms with Crippen molar-refractivity contribution < 1.29 is 13.9 Å². The van der Waals surface area contributed by atoms with Crippen molar-refractivity contribution in [2.24, 2.45) is 0 Å². The second kappa shape index (κ2) is 6.40. The first-order chi connectivity index (χ1) is 9.20. The van der Waals surface area contributed by atoms with Crippen LogP contribution in [0.3, 0.4) is 0 Å². The largest absolute Gasteiger partial charge is 0.382 e. The summed E-state index contributed by atoms with van der Waals surface area (Å²) in [5, 5.41) is 4.28. The van der Waals surface area contributed by atoms with Gasteiger partial charge in [-0.25, -0.2) is 14.1 Å². The Hall–Kier alpha value is -1.79. The Balaban J connectivity index is 2.13. The molecule has 0 aliphatic rings. The monoisotopic (exact) mass is 265 g/mol. The molecular formula is C13H16FN3O2. The van der Waals surface area contributed by atoms with Crippen molar-refractivity contribution in [2.45, 2.75) is 13.5 Å². The van der Waals surface area contributed by atoms with Crippen LogP contribution in [0.2, 0.25) is 0 Å². The predicted octanol–water partition coefficient (Wildman–Crippen LogP) is 1.88. The van der Waals surface area contributed by atoms with Gasteiger partial charge in [0.1, 0.15) is 18.2 Å². The molecule has 2 rings (SSSR count). The van der Waals surface area contributed by atoms with E-state index in [1.165, 1.54) is 12.1 Å². The second-order valence-electron chi connectivity index (χ2n) is 4.01. The molecule has 0 aliphatic carbocycles. The van der Waals surface area contributed by atoms with Crippen LogP contribution in [0.25, 0.3) is 5.69 Å². The molecule has 0 aliphatic heterocycles. The molecule has 0 amide bonds. The normalized spacial score (nSPS) is 10.9. The summed E-state index contributed by atoms with van der Waals surface area (Å²) in [7, 11) is 1.62. The van der Waals surface area contributed by atoms with E-state index < -0.39 is 0 Å². The zero-order chi connectivity index (χ0) is 13.7. The van der Waals surface area contributed by atoms with Crippen LogP contribution < -0.4 is 0 Å². The third-order valence-corrected chi connectivity index (χ3v) is 2.51. The molecular weight excluding hydrogens is 249 g/mol. The maximum atomic E-state index is 12.9. The molecule has 0 unspecified atom stereocenters.